The third-order valence-electron chi connectivity index (χ3n) is 3.18. The van der Waals surface area contributed by atoms with Gasteiger partial charge in [0.2, 0.25) is 5.91 Å². The summed E-state index contributed by atoms with van der Waals surface area (Å²) in [7, 11) is 1.79. The van der Waals surface area contributed by atoms with Crippen LogP contribution in [0.4, 0.5) is 0 Å². The number of aliphatic hydroxyl groups is 1. The zero-order valence-corrected chi connectivity index (χ0v) is 11.5. The van der Waals surface area contributed by atoms with E-state index < -0.39 is 0 Å². The van der Waals surface area contributed by atoms with Gasteiger partial charge in [-0.2, -0.15) is 0 Å². The molecule has 3 nitrogen and oxygen atoms in total. The van der Waals surface area contributed by atoms with Gasteiger partial charge in [0.1, 0.15) is 0 Å². The summed E-state index contributed by atoms with van der Waals surface area (Å²) in [5, 5.41) is 9.19. The molecule has 0 aliphatic carbocycles. The van der Waals surface area contributed by atoms with Crippen molar-refractivity contribution in [3.8, 4) is 0 Å². The molecule has 1 rings (SSSR count). The average Bonchev–Trinajstić information content (AvgIpc) is 2.34. The molecule has 0 fully saturated rings. The largest absolute Gasteiger partial charge is 0.393 e. The molecule has 0 aliphatic rings. The lowest BCUT2D eigenvalue weighted by atomic mass is 10.0. The Morgan fingerprint density at radius 3 is 2.67 bits per heavy atom. The van der Waals surface area contributed by atoms with E-state index in [-0.39, 0.29) is 12.0 Å². The summed E-state index contributed by atoms with van der Waals surface area (Å²) in [5.74, 6) is 0.138. The van der Waals surface area contributed by atoms with Gasteiger partial charge in [0.15, 0.2) is 0 Å². The van der Waals surface area contributed by atoms with Crippen LogP contribution in [-0.2, 0) is 11.2 Å². The number of aryl methyl sites for hydroxylation is 2. The van der Waals surface area contributed by atoms with E-state index in [0.717, 1.165) is 6.42 Å². The van der Waals surface area contributed by atoms with Crippen LogP contribution < -0.4 is 0 Å². The molecular weight excluding hydrogens is 226 g/mol. The number of hydrogen-bond donors (Lipinski definition) is 1. The standard InChI is InChI=1S/C15H23NO2/c1-12-6-4-5-7-14(12)8-9-15(18)16(3)11-10-13(2)17/h4-7,13,17H,8-11H2,1-3H3. The third kappa shape index (κ3) is 4.88. The van der Waals surface area contributed by atoms with Crippen LogP contribution in [0.15, 0.2) is 24.3 Å². The predicted octanol–water partition coefficient (Wildman–Crippen LogP) is 2.16. The Labute approximate surface area is 109 Å². The highest BCUT2D eigenvalue weighted by Crippen LogP contribution is 2.10. The van der Waals surface area contributed by atoms with Crippen LogP contribution in [0.1, 0.15) is 30.9 Å². The number of benzene rings is 1. The molecular formula is C15H23NO2. The van der Waals surface area contributed by atoms with Crippen molar-refractivity contribution < 1.29 is 9.90 Å². The molecule has 0 aliphatic heterocycles. The van der Waals surface area contributed by atoms with Crippen molar-refractivity contribution in [2.24, 2.45) is 0 Å². The topological polar surface area (TPSA) is 40.5 Å². The van der Waals surface area contributed by atoms with Crippen molar-refractivity contribution in [2.75, 3.05) is 13.6 Å². The van der Waals surface area contributed by atoms with Crippen LogP contribution in [-0.4, -0.2) is 35.6 Å². The van der Waals surface area contributed by atoms with Gasteiger partial charge in [-0.1, -0.05) is 24.3 Å². The van der Waals surface area contributed by atoms with Crippen LogP contribution in [0.3, 0.4) is 0 Å². The fourth-order valence-electron chi connectivity index (χ4n) is 1.83. The fraction of sp³-hybridized carbons (Fsp3) is 0.533. The summed E-state index contributed by atoms with van der Waals surface area (Å²) in [6.07, 6.45) is 1.59. The van der Waals surface area contributed by atoms with Crippen molar-refractivity contribution in [2.45, 2.75) is 39.2 Å². The maximum atomic E-state index is 11.9. The van der Waals surface area contributed by atoms with Gasteiger partial charge in [-0.05, 0) is 37.8 Å². The summed E-state index contributed by atoms with van der Waals surface area (Å²) < 4.78 is 0. The summed E-state index contributed by atoms with van der Waals surface area (Å²) in [6, 6.07) is 8.15. The molecule has 0 heterocycles. The first-order valence-electron chi connectivity index (χ1n) is 6.47. The molecule has 1 amide bonds. The van der Waals surface area contributed by atoms with Gasteiger partial charge in [0.25, 0.3) is 0 Å². The lowest BCUT2D eigenvalue weighted by Crippen LogP contribution is -2.29. The van der Waals surface area contributed by atoms with Gasteiger partial charge in [-0.25, -0.2) is 0 Å². The summed E-state index contributed by atoms with van der Waals surface area (Å²) in [6.45, 7) is 4.42. The minimum atomic E-state index is -0.350. The van der Waals surface area contributed by atoms with Gasteiger partial charge < -0.3 is 10.0 Å². The molecule has 1 atom stereocenters. The molecule has 1 unspecified atom stereocenters. The Balaban J connectivity index is 2.39. The first-order chi connectivity index (χ1) is 8.50. The van der Waals surface area contributed by atoms with E-state index in [1.54, 1.807) is 18.9 Å². The number of nitrogens with zero attached hydrogens (tertiary/aromatic N) is 1. The highest BCUT2D eigenvalue weighted by molar-refractivity contribution is 5.76. The average molecular weight is 249 g/mol. The second kappa shape index (κ2) is 7.17. The highest BCUT2D eigenvalue weighted by atomic mass is 16.3. The maximum Gasteiger partial charge on any atom is 0.222 e. The Kier molecular flexibility index (Phi) is 5.86. The first-order valence-corrected chi connectivity index (χ1v) is 6.47. The smallest absolute Gasteiger partial charge is 0.222 e. The van der Waals surface area contributed by atoms with Crippen molar-refractivity contribution in [1.82, 2.24) is 4.90 Å². The second-order valence-corrected chi connectivity index (χ2v) is 4.88. The van der Waals surface area contributed by atoms with Crippen LogP contribution in [0.25, 0.3) is 0 Å². The minimum Gasteiger partial charge on any atom is -0.393 e. The molecule has 0 radical (unpaired) electrons. The Morgan fingerprint density at radius 1 is 1.39 bits per heavy atom. The minimum absolute atomic E-state index is 0.138. The van der Waals surface area contributed by atoms with Crippen LogP contribution in [0.5, 0.6) is 0 Å². The van der Waals surface area contributed by atoms with Gasteiger partial charge in [-0.15, -0.1) is 0 Å². The molecule has 0 aromatic heterocycles. The van der Waals surface area contributed by atoms with Gasteiger partial charge in [0.05, 0.1) is 6.10 Å². The molecule has 1 N–H and O–H groups in total. The van der Waals surface area contributed by atoms with Gasteiger partial charge in [0, 0.05) is 20.0 Å². The van der Waals surface area contributed by atoms with Crippen LogP contribution in [0.2, 0.25) is 0 Å². The molecule has 0 saturated carbocycles. The molecule has 1 aromatic rings. The molecule has 100 valence electrons. The Morgan fingerprint density at radius 2 is 2.06 bits per heavy atom. The third-order valence-corrected chi connectivity index (χ3v) is 3.18. The van der Waals surface area contributed by atoms with Crippen molar-refractivity contribution >= 4 is 5.91 Å². The lowest BCUT2D eigenvalue weighted by molar-refractivity contribution is -0.130. The van der Waals surface area contributed by atoms with E-state index in [4.69, 9.17) is 0 Å². The number of hydrogen-bond acceptors (Lipinski definition) is 2. The van der Waals surface area contributed by atoms with Crippen molar-refractivity contribution in [1.29, 1.82) is 0 Å². The Hall–Kier alpha value is -1.35. The van der Waals surface area contributed by atoms with E-state index in [0.29, 0.717) is 19.4 Å². The number of carbonyl (C=O) groups excluding carboxylic acids is 1. The fourth-order valence-corrected chi connectivity index (χ4v) is 1.83. The zero-order valence-electron chi connectivity index (χ0n) is 11.5. The van der Waals surface area contributed by atoms with Crippen molar-refractivity contribution in [3.05, 3.63) is 35.4 Å². The molecule has 0 saturated heterocycles. The van der Waals surface area contributed by atoms with E-state index in [1.807, 2.05) is 12.1 Å². The number of rotatable bonds is 6. The van der Waals surface area contributed by atoms with Crippen LogP contribution >= 0.6 is 0 Å². The van der Waals surface area contributed by atoms with Gasteiger partial charge >= 0.3 is 0 Å². The van der Waals surface area contributed by atoms with E-state index >= 15 is 0 Å². The summed E-state index contributed by atoms with van der Waals surface area (Å²) in [4.78, 5) is 13.6. The number of amides is 1. The predicted molar refractivity (Wildman–Crippen MR) is 73.4 cm³/mol. The number of aliphatic hydroxyl groups excluding tert-OH is 1. The number of carbonyl (C=O) groups is 1. The summed E-state index contributed by atoms with van der Waals surface area (Å²) >= 11 is 0. The molecule has 0 bridgehead atoms. The normalized spacial score (nSPS) is 12.2. The quantitative estimate of drug-likeness (QED) is 0.839. The highest BCUT2D eigenvalue weighted by Gasteiger charge is 2.10. The molecule has 18 heavy (non-hydrogen) atoms. The zero-order chi connectivity index (χ0) is 13.5. The van der Waals surface area contributed by atoms with Crippen LogP contribution in [0, 0.1) is 6.92 Å². The lowest BCUT2D eigenvalue weighted by Gasteiger charge is -2.18. The molecule has 0 spiro atoms. The van der Waals surface area contributed by atoms with E-state index in [1.165, 1.54) is 11.1 Å². The van der Waals surface area contributed by atoms with Crippen molar-refractivity contribution in [3.63, 3.8) is 0 Å². The van der Waals surface area contributed by atoms with E-state index in [2.05, 4.69) is 19.1 Å². The van der Waals surface area contributed by atoms with E-state index in [9.17, 15) is 9.90 Å². The maximum absolute atomic E-state index is 11.9. The van der Waals surface area contributed by atoms with Gasteiger partial charge in [-0.3, -0.25) is 4.79 Å². The molecule has 3 heteroatoms. The molecule has 1 aromatic carbocycles. The summed E-state index contributed by atoms with van der Waals surface area (Å²) in [5.41, 5.74) is 2.46. The second-order valence-electron chi connectivity index (χ2n) is 4.88. The Bertz CT molecular complexity index is 388. The SMILES string of the molecule is Cc1ccccc1CCC(=O)N(C)CCC(C)O. The monoisotopic (exact) mass is 249 g/mol. The first kappa shape index (κ1) is 14.7.